The van der Waals surface area contributed by atoms with E-state index in [-0.39, 0.29) is 4.90 Å². The van der Waals surface area contributed by atoms with E-state index in [0.717, 1.165) is 7.11 Å². The molecule has 0 amide bonds. The van der Waals surface area contributed by atoms with E-state index in [1.54, 1.807) is 12.1 Å². The summed E-state index contributed by atoms with van der Waals surface area (Å²) in [5, 5.41) is 0. The molecule has 0 spiro atoms. The summed E-state index contributed by atoms with van der Waals surface area (Å²) in [5.74, 6) is 0. The highest BCUT2D eigenvalue weighted by Gasteiger charge is 2.11. The van der Waals surface area contributed by atoms with Gasteiger partial charge in [-0.05, 0) is 18.2 Å². The Balaban J connectivity index is 3.21. The van der Waals surface area contributed by atoms with E-state index in [2.05, 4.69) is 20.1 Å². The van der Waals surface area contributed by atoms with Crippen molar-refractivity contribution in [2.24, 2.45) is 0 Å². The predicted octanol–water partition coefficient (Wildman–Crippen LogP) is 1.78. The fourth-order valence-electron chi connectivity index (χ4n) is 0.719. The third-order valence-electron chi connectivity index (χ3n) is 1.30. The summed E-state index contributed by atoms with van der Waals surface area (Å²) < 4.78 is 27.3. The number of halogens is 1. The van der Waals surface area contributed by atoms with E-state index in [4.69, 9.17) is 0 Å². The molecule has 12 heavy (non-hydrogen) atoms. The molecule has 5 heteroatoms. The molecule has 66 valence electrons. The lowest BCUT2D eigenvalue weighted by Gasteiger charge is -2.00. The lowest BCUT2D eigenvalue weighted by Crippen LogP contribution is -2.02. The van der Waals surface area contributed by atoms with Gasteiger partial charge in [-0.2, -0.15) is 8.42 Å². The van der Waals surface area contributed by atoms with E-state index in [9.17, 15) is 8.42 Å². The van der Waals surface area contributed by atoms with Crippen molar-refractivity contribution in [3.63, 3.8) is 0 Å². The van der Waals surface area contributed by atoms with Crippen LogP contribution in [-0.4, -0.2) is 15.5 Å². The van der Waals surface area contributed by atoms with E-state index >= 15 is 0 Å². The topological polar surface area (TPSA) is 43.4 Å². The summed E-state index contributed by atoms with van der Waals surface area (Å²) in [5.41, 5.74) is 0. The minimum Gasteiger partial charge on any atom is -0.270 e. The van der Waals surface area contributed by atoms with Gasteiger partial charge in [0.05, 0.1) is 12.0 Å². The Morgan fingerprint density at radius 3 is 2.58 bits per heavy atom. The molecule has 0 unspecified atom stereocenters. The van der Waals surface area contributed by atoms with Gasteiger partial charge in [-0.1, -0.05) is 22.0 Å². The van der Waals surface area contributed by atoms with E-state index in [0.29, 0.717) is 4.47 Å². The largest absolute Gasteiger partial charge is 0.296 e. The molecule has 0 aliphatic rings. The Bertz CT molecular complexity index is 372. The molecular formula is C7H7BrO3S. The third-order valence-corrected chi connectivity index (χ3v) is 3.07. The number of hydrogen-bond acceptors (Lipinski definition) is 3. The number of rotatable bonds is 2. The van der Waals surface area contributed by atoms with Crippen LogP contribution >= 0.6 is 15.9 Å². The molecular weight excluding hydrogens is 244 g/mol. The predicted molar refractivity (Wildman–Crippen MR) is 48.3 cm³/mol. The molecule has 0 bridgehead atoms. The van der Waals surface area contributed by atoms with Gasteiger partial charge in [0.25, 0.3) is 10.1 Å². The van der Waals surface area contributed by atoms with Crippen molar-refractivity contribution < 1.29 is 12.6 Å². The van der Waals surface area contributed by atoms with Crippen molar-refractivity contribution >= 4 is 26.0 Å². The Morgan fingerprint density at radius 2 is 2.08 bits per heavy atom. The normalized spacial score (nSPS) is 11.5. The van der Waals surface area contributed by atoms with E-state index in [1.807, 2.05) is 0 Å². The molecule has 0 fully saturated rings. The molecule has 3 nitrogen and oxygen atoms in total. The first kappa shape index (κ1) is 9.70. The average molecular weight is 251 g/mol. The van der Waals surface area contributed by atoms with E-state index < -0.39 is 10.1 Å². The van der Waals surface area contributed by atoms with E-state index in [1.165, 1.54) is 12.1 Å². The molecule has 0 N–H and O–H groups in total. The van der Waals surface area contributed by atoms with Crippen LogP contribution in [0.4, 0.5) is 0 Å². The van der Waals surface area contributed by atoms with Gasteiger partial charge in [0, 0.05) is 4.47 Å². The molecule has 0 aromatic heterocycles. The lowest BCUT2D eigenvalue weighted by molar-refractivity contribution is 0.397. The van der Waals surface area contributed by atoms with Crippen LogP contribution < -0.4 is 0 Å². The molecule has 0 radical (unpaired) electrons. The highest BCUT2D eigenvalue weighted by Crippen LogP contribution is 2.16. The molecule has 0 saturated carbocycles. The molecule has 1 rings (SSSR count). The van der Waals surface area contributed by atoms with Crippen molar-refractivity contribution in [3.05, 3.63) is 28.7 Å². The number of benzene rings is 1. The summed E-state index contributed by atoms with van der Waals surface area (Å²) in [4.78, 5) is 0.152. The Labute approximate surface area is 79.6 Å². The second kappa shape index (κ2) is 3.55. The maximum absolute atomic E-state index is 11.1. The fourth-order valence-corrected chi connectivity index (χ4v) is 1.98. The standard InChI is InChI=1S/C7H7BrO3S/c1-11-12(9,10)7-4-2-3-6(8)5-7/h2-5H,1H3. The summed E-state index contributed by atoms with van der Waals surface area (Å²) in [7, 11) is -2.42. The second-order valence-corrected chi connectivity index (χ2v) is 4.71. The SMILES string of the molecule is COS(=O)(=O)c1cccc(Br)c1. The number of hydrogen-bond donors (Lipinski definition) is 0. The van der Waals surface area contributed by atoms with Crippen LogP contribution in [0, 0.1) is 0 Å². The summed E-state index contributed by atoms with van der Waals surface area (Å²) >= 11 is 3.16. The van der Waals surface area contributed by atoms with Gasteiger partial charge >= 0.3 is 0 Å². The summed E-state index contributed by atoms with van der Waals surface area (Å²) in [6, 6.07) is 6.34. The Hall–Kier alpha value is -0.390. The second-order valence-electron chi connectivity index (χ2n) is 2.08. The van der Waals surface area contributed by atoms with Crippen LogP contribution in [0.2, 0.25) is 0 Å². The average Bonchev–Trinajstić information content (AvgIpc) is 2.05. The first-order valence-corrected chi connectivity index (χ1v) is 5.32. The minimum atomic E-state index is -3.55. The minimum absolute atomic E-state index is 0.152. The summed E-state index contributed by atoms with van der Waals surface area (Å²) in [6.07, 6.45) is 0. The fraction of sp³-hybridized carbons (Fsp3) is 0.143. The quantitative estimate of drug-likeness (QED) is 0.752. The van der Waals surface area contributed by atoms with Crippen molar-refractivity contribution in [1.29, 1.82) is 0 Å². The molecule has 0 aliphatic carbocycles. The zero-order valence-corrected chi connectivity index (χ0v) is 8.72. The lowest BCUT2D eigenvalue weighted by atomic mass is 10.4. The monoisotopic (exact) mass is 250 g/mol. The Morgan fingerprint density at radius 1 is 1.42 bits per heavy atom. The first-order chi connectivity index (χ1) is 5.56. The first-order valence-electron chi connectivity index (χ1n) is 3.12. The van der Waals surface area contributed by atoms with Crippen LogP contribution in [0.25, 0.3) is 0 Å². The van der Waals surface area contributed by atoms with Gasteiger partial charge in [0.1, 0.15) is 0 Å². The van der Waals surface area contributed by atoms with Crippen LogP contribution in [0.3, 0.4) is 0 Å². The zero-order valence-electron chi connectivity index (χ0n) is 6.32. The Kier molecular flexibility index (Phi) is 2.87. The van der Waals surface area contributed by atoms with Gasteiger partial charge in [0.15, 0.2) is 0 Å². The van der Waals surface area contributed by atoms with Crippen molar-refractivity contribution in [2.75, 3.05) is 7.11 Å². The maximum atomic E-state index is 11.1. The highest BCUT2D eigenvalue weighted by molar-refractivity contribution is 9.10. The van der Waals surface area contributed by atoms with Crippen LogP contribution in [0.1, 0.15) is 0 Å². The summed E-state index contributed by atoms with van der Waals surface area (Å²) in [6.45, 7) is 0. The van der Waals surface area contributed by atoms with Crippen LogP contribution in [-0.2, 0) is 14.3 Å². The highest BCUT2D eigenvalue weighted by atomic mass is 79.9. The molecule has 0 heterocycles. The molecule has 1 aromatic carbocycles. The van der Waals surface area contributed by atoms with Crippen molar-refractivity contribution in [2.45, 2.75) is 4.90 Å². The van der Waals surface area contributed by atoms with Gasteiger partial charge in [0.2, 0.25) is 0 Å². The van der Waals surface area contributed by atoms with Crippen LogP contribution in [0.15, 0.2) is 33.6 Å². The smallest absolute Gasteiger partial charge is 0.270 e. The van der Waals surface area contributed by atoms with Gasteiger partial charge in [-0.3, -0.25) is 4.18 Å². The van der Waals surface area contributed by atoms with Gasteiger partial charge in [-0.15, -0.1) is 0 Å². The molecule has 0 saturated heterocycles. The maximum Gasteiger partial charge on any atom is 0.296 e. The molecule has 0 atom stereocenters. The van der Waals surface area contributed by atoms with Gasteiger partial charge in [-0.25, -0.2) is 0 Å². The zero-order chi connectivity index (χ0) is 9.19. The third kappa shape index (κ3) is 2.06. The van der Waals surface area contributed by atoms with Crippen molar-refractivity contribution in [3.8, 4) is 0 Å². The van der Waals surface area contributed by atoms with Crippen molar-refractivity contribution in [1.82, 2.24) is 0 Å². The molecule has 1 aromatic rings. The van der Waals surface area contributed by atoms with Gasteiger partial charge < -0.3 is 0 Å². The van der Waals surface area contributed by atoms with Crippen LogP contribution in [0.5, 0.6) is 0 Å². The molecule has 0 aliphatic heterocycles.